The molecule has 9 heteroatoms. The summed E-state index contributed by atoms with van der Waals surface area (Å²) in [5.74, 6) is 2.18. The molecule has 3 N–H and O–H groups in total. The van der Waals surface area contributed by atoms with Gasteiger partial charge in [0.25, 0.3) is 0 Å². The van der Waals surface area contributed by atoms with Crippen LogP contribution >= 0.6 is 24.0 Å². The van der Waals surface area contributed by atoms with E-state index in [0.717, 1.165) is 35.6 Å². The molecule has 0 spiro atoms. The molecule has 8 nitrogen and oxygen atoms in total. The van der Waals surface area contributed by atoms with Crippen LogP contribution in [0, 0.1) is 0 Å². The number of ether oxygens (including phenoxy) is 2. The van der Waals surface area contributed by atoms with Gasteiger partial charge in [-0.3, -0.25) is 4.68 Å². The Bertz CT molecular complexity index is 822. The number of hydrogen-bond acceptors (Lipinski definition) is 5. The highest BCUT2D eigenvalue weighted by Crippen LogP contribution is 2.30. The van der Waals surface area contributed by atoms with Crippen molar-refractivity contribution in [3.8, 4) is 11.5 Å². The summed E-state index contributed by atoms with van der Waals surface area (Å²) in [6.45, 7) is 6.62. The summed E-state index contributed by atoms with van der Waals surface area (Å²) in [7, 11) is 1.83. The van der Waals surface area contributed by atoms with Crippen molar-refractivity contribution in [2.75, 3.05) is 26.3 Å². The lowest BCUT2D eigenvalue weighted by atomic mass is 10.00. The van der Waals surface area contributed by atoms with Gasteiger partial charge in [0.15, 0.2) is 17.5 Å². The van der Waals surface area contributed by atoms with Gasteiger partial charge in [-0.25, -0.2) is 4.99 Å². The summed E-state index contributed by atoms with van der Waals surface area (Å²) in [4.78, 5) is 4.62. The number of aliphatic hydroxyl groups is 1. The Morgan fingerprint density at radius 1 is 1.28 bits per heavy atom. The molecule has 0 amide bonds. The van der Waals surface area contributed by atoms with Crippen molar-refractivity contribution < 1.29 is 14.6 Å². The molecule has 0 saturated carbocycles. The summed E-state index contributed by atoms with van der Waals surface area (Å²) in [5.41, 5.74) is 0.724. The summed E-state index contributed by atoms with van der Waals surface area (Å²) in [5, 5.41) is 21.3. The Labute approximate surface area is 188 Å². The monoisotopic (exact) mass is 515 g/mol. The predicted molar refractivity (Wildman–Crippen MR) is 123 cm³/mol. The standard InChI is InChI=1S/C20H29N5O3.HI/c1-4-21-19(23-14-20(2,26)16-12-24-25(3)13-16)22-11-15-6-7-17-18(10-15)28-9-5-8-27-17;/h6-7,10,12-13,26H,4-5,8-9,11,14H2,1-3H3,(H2,21,22,23);1H. The van der Waals surface area contributed by atoms with Crippen molar-refractivity contribution >= 4 is 29.9 Å². The van der Waals surface area contributed by atoms with Crippen molar-refractivity contribution in [1.29, 1.82) is 0 Å². The molecule has 2 aromatic rings. The molecule has 29 heavy (non-hydrogen) atoms. The SMILES string of the molecule is CCNC(=NCc1ccc2c(c1)OCCCO2)NCC(C)(O)c1cnn(C)c1.I. The number of aryl methyl sites for hydroxylation is 1. The molecule has 2 heterocycles. The summed E-state index contributed by atoms with van der Waals surface area (Å²) in [6, 6.07) is 5.89. The Morgan fingerprint density at radius 2 is 2.03 bits per heavy atom. The zero-order valence-electron chi connectivity index (χ0n) is 17.1. The second-order valence-corrected chi connectivity index (χ2v) is 7.06. The van der Waals surface area contributed by atoms with Gasteiger partial charge in [-0.1, -0.05) is 6.07 Å². The van der Waals surface area contributed by atoms with Crippen LogP contribution in [-0.2, 0) is 19.2 Å². The minimum Gasteiger partial charge on any atom is -0.490 e. The fraction of sp³-hybridized carbons (Fsp3) is 0.500. The Balaban J connectivity index is 0.00000300. The highest BCUT2D eigenvalue weighted by Gasteiger charge is 2.25. The number of fused-ring (bicyclic) bond motifs is 1. The number of aromatic nitrogens is 2. The zero-order chi connectivity index (χ0) is 20.0. The topological polar surface area (TPSA) is 92.9 Å². The van der Waals surface area contributed by atoms with Gasteiger partial charge in [-0.2, -0.15) is 5.10 Å². The molecule has 1 aromatic heterocycles. The first-order valence-corrected chi connectivity index (χ1v) is 9.60. The first-order chi connectivity index (χ1) is 13.5. The molecule has 0 bridgehead atoms. The van der Waals surface area contributed by atoms with E-state index in [4.69, 9.17) is 9.47 Å². The fourth-order valence-corrected chi connectivity index (χ4v) is 2.88. The van der Waals surface area contributed by atoms with Crippen LogP contribution in [0.15, 0.2) is 35.6 Å². The smallest absolute Gasteiger partial charge is 0.191 e. The number of hydrogen-bond donors (Lipinski definition) is 3. The minimum absolute atomic E-state index is 0. The Kier molecular flexibility index (Phi) is 8.57. The molecule has 160 valence electrons. The van der Waals surface area contributed by atoms with Gasteiger partial charge in [-0.05, 0) is 31.5 Å². The number of halogens is 1. The van der Waals surface area contributed by atoms with Gasteiger partial charge in [-0.15, -0.1) is 24.0 Å². The van der Waals surface area contributed by atoms with E-state index >= 15 is 0 Å². The van der Waals surface area contributed by atoms with E-state index in [1.807, 2.05) is 38.4 Å². The summed E-state index contributed by atoms with van der Waals surface area (Å²) < 4.78 is 13.1. The van der Waals surface area contributed by atoms with E-state index in [9.17, 15) is 5.11 Å². The second kappa shape index (κ2) is 10.7. The van der Waals surface area contributed by atoms with Gasteiger partial charge >= 0.3 is 0 Å². The van der Waals surface area contributed by atoms with Crippen LogP contribution < -0.4 is 20.1 Å². The van der Waals surface area contributed by atoms with Crippen molar-refractivity contribution in [1.82, 2.24) is 20.4 Å². The number of aliphatic imine (C=N–C) groups is 1. The second-order valence-electron chi connectivity index (χ2n) is 7.06. The lowest BCUT2D eigenvalue weighted by molar-refractivity contribution is 0.0616. The summed E-state index contributed by atoms with van der Waals surface area (Å²) >= 11 is 0. The van der Waals surface area contributed by atoms with Gasteiger partial charge in [0.05, 0.1) is 32.5 Å². The quantitative estimate of drug-likeness (QED) is 0.310. The Morgan fingerprint density at radius 3 is 2.72 bits per heavy atom. The van der Waals surface area contributed by atoms with Gasteiger partial charge in [0, 0.05) is 31.8 Å². The minimum atomic E-state index is -1.06. The molecule has 0 radical (unpaired) electrons. The maximum atomic E-state index is 10.7. The average molecular weight is 515 g/mol. The number of nitrogens with one attached hydrogen (secondary N) is 2. The maximum Gasteiger partial charge on any atom is 0.191 e. The normalized spacial score (nSPS) is 15.7. The van der Waals surface area contributed by atoms with E-state index < -0.39 is 5.60 Å². The molecular formula is C20H30IN5O3. The number of rotatable bonds is 6. The first kappa shape index (κ1) is 23.3. The molecule has 1 atom stereocenters. The molecule has 0 saturated heterocycles. The van der Waals surface area contributed by atoms with E-state index in [2.05, 4.69) is 20.7 Å². The zero-order valence-corrected chi connectivity index (χ0v) is 19.5. The van der Waals surface area contributed by atoms with Crippen LogP contribution in [0.3, 0.4) is 0 Å². The van der Waals surface area contributed by atoms with Crippen LogP contribution in [0.2, 0.25) is 0 Å². The predicted octanol–water partition coefficient (Wildman–Crippen LogP) is 2.16. The molecule has 0 fully saturated rings. The van der Waals surface area contributed by atoms with Crippen LogP contribution in [0.4, 0.5) is 0 Å². The highest BCUT2D eigenvalue weighted by molar-refractivity contribution is 14.0. The van der Waals surface area contributed by atoms with Crippen molar-refractivity contribution in [2.45, 2.75) is 32.4 Å². The van der Waals surface area contributed by atoms with Crippen LogP contribution in [0.25, 0.3) is 0 Å². The average Bonchev–Trinajstić information content (AvgIpc) is 2.99. The van der Waals surface area contributed by atoms with Crippen molar-refractivity contribution in [3.05, 3.63) is 41.7 Å². The van der Waals surface area contributed by atoms with Crippen molar-refractivity contribution in [2.24, 2.45) is 12.0 Å². The lowest BCUT2D eigenvalue weighted by Crippen LogP contribution is -2.44. The van der Waals surface area contributed by atoms with E-state index in [0.29, 0.717) is 32.3 Å². The van der Waals surface area contributed by atoms with E-state index in [-0.39, 0.29) is 24.0 Å². The van der Waals surface area contributed by atoms with Gasteiger partial charge in [0.2, 0.25) is 0 Å². The van der Waals surface area contributed by atoms with Crippen LogP contribution in [0.5, 0.6) is 11.5 Å². The molecule has 1 aliphatic rings. The highest BCUT2D eigenvalue weighted by atomic mass is 127. The largest absolute Gasteiger partial charge is 0.490 e. The summed E-state index contributed by atoms with van der Waals surface area (Å²) in [6.07, 6.45) is 4.36. The molecule has 0 aliphatic carbocycles. The van der Waals surface area contributed by atoms with Gasteiger partial charge in [0.1, 0.15) is 5.60 Å². The lowest BCUT2D eigenvalue weighted by Gasteiger charge is -2.23. The number of guanidine groups is 1. The maximum absolute atomic E-state index is 10.7. The Hall–Kier alpha value is -2.01. The molecular weight excluding hydrogens is 485 g/mol. The number of benzene rings is 1. The van der Waals surface area contributed by atoms with Crippen LogP contribution in [0.1, 0.15) is 31.4 Å². The first-order valence-electron chi connectivity index (χ1n) is 9.60. The third-order valence-corrected chi connectivity index (χ3v) is 4.50. The molecule has 3 rings (SSSR count). The fourth-order valence-electron chi connectivity index (χ4n) is 2.88. The third-order valence-electron chi connectivity index (χ3n) is 4.50. The van der Waals surface area contributed by atoms with Crippen LogP contribution in [-0.4, -0.2) is 47.1 Å². The van der Waals surface area contributed by atoms with Crippen molar-refractivity contribution in [3.63, 3.8) is 0 Å². The number of nitrogens with zero attached hydrogens (tertiary/aromatic N) is 3. The molecule has 1 aromatic carbocycles. The van der Waals surface area contributed by atoms with Gasteiger partial charge < -0.3 is 25.2 Å². The molecule has 1 unspecified atom stereocenters. The third kappa shape index (κ3) is 6.49. The van der Waals surface area contributed by atoms with E-state index in [1.165, 1.54) is 0 Å². The molecule has 1 aliphatic heterocycles. The van der Waals surface area contributed by atoms with E-state index in [1.54, 1.807) is 17.8 Å².